The fourth-order valence-electron chi connectivity index (χ4n) is 2.05. The van der Waals surface area contributed by atoms with Crippen LogP contribution < -0.4 is 0 Å². The second-order valence-electron chi connectivity index (χ2n) is 3.41. The van der Waals surface area contributed by atoms with E-state index in [1.54, 1.807) is 0 Å². The molecule has 1 spiro atoms. The van der Waals surface area contributed by atoms with Crippen molar-refractivity contribution in [2.75, 3.05) is 13.2 Å². The molecule has 0 bridgehead atoms. The quantitative estimate of drug-likeness (QED) is 0.661. The molecule has 2 rings (SSSR count). The van der Waals surface area contributed by atoms with Crippen molar-refractivity contribution in [3.63, 3.8) is 0 Å². The maximum absolute atomic E-state index is 13.9. The molecule has 1 aliphatic carbocycles. The molecule has 1 saturated carbocycles. The Morgan fingerprint density at radius 1 is 1.31 bits per heavy atom. The lowest BCUT2D eigenvalue weighted by atomic mass is 9.99. The third-order valence-electron chi connectivity index (χ3n) is 2.72. The van der Waals surface area contributed by atoms with Crippen LogP contribution in [0, 0.1) is 0 Å². The highest BCUT2D eigenvalue weighted by Gasteiger charge is 2.65. The first kappa shape index (κ1) is 8.90. The van der Waals surface area contributed by atoms with Gasteiger partial charge >= 0.3 is 5.97 Å². The second-order valence-corrected chi connectivity index (χ2v) is 3.41. The molecule has 1 N–H and O–H groups in total. The lowest BCUT2D eigenvalue weighted by Crippen LogP contribution is -2.53. The summed E-state index contributed by atoms with van der Waals surface area (Å²) in [6, 6.07) is 0. The molecule has 1 heterocycles. The molecule has 5 heteroatoms. The molecule has 0 aromatic carbocycles. The number of halogens is 1. The summed E-state index contributed by atoms with van der Waals surface area (Å²) in [6.07, 6.45) is 0.793. The standard InChI is InChI=1S/C8H11FO4/c9-7(6(10)11)2-1-3-8(7)12-4-5-13-8/h1-5H2,(H,10,11). The number of carboxylic acid groups (broad SMARTS) is 1. The minimum atomic E-state index is -2.36. The third kappa shape index (κ3) is 1.00. The van der Waals surface area contributed by atoms with Gasteiger partial charge in [0.1, 0.15) is 0 Å². The van der Waals surface area contributed by atoms with Gasteiger partial charge in [-0.3, -0.25) is 0 Å². The molecule has 13 heavy (non-hydrogen) atoms. The van der Waals surface area contributed by atoms with Crippen molar-refractivity contribution in [3.8, 4) is 0 Å². The minimum absolute atomic E-state index is 0.0255. The summed E-state index contributed by atoms with van der Waals surface area (Å²) < 4.78 is 24.1. The number of hydrogen-bond acceptors (Lipinski definition) is 3. The second kappa shape index (κ2) is 2.65. The zero-order valence-corrected chi connectivity index (χ0v) is 7.09. The van der Waals surface area contributed by atoms with Crippen molar-refractivity contribution in [2.24, 2.45) is 0 Å². The van der Waals surface area contributed by atoms with Crippen molar-refractivity contribution in [3.05, 3.63) is 0 Å². The average molecular weight is 190 g/mol. The first-order valence-electron chi connectivity index (χ1n) is 4.31. The highest BCUT2D eigenvalue weighted by atomic mass is 19.1. The summed E-state index contributed by atoms with van der Waals surface area (Å²) in [4.78, 5) is 10.7. The predicted octanol–water partition coefficient (Wildman–Crippen LogP) is 0.706. The summed E-state index contributed by atoms with van der Waals surface area (Å²) in [5.74, 6) is -2.98. The van der Waals surface area contributed by atoms with Crippen molar-refractivity contribution >= 4 is 5.97 Å². The van der Waals surface area contributed by atoms with Gasteiger partial charge < -0.3 is 14.6 Å². The zero-order chi connectivity index (χ0) is 9.53. The van der Waals surface area contributed by atoms with Gasteiger partial charge in [-0.1, -0.05) is 0 Å². The maximum atomic E-state index is 13.9. The Balaban J connectivity index is 2.31. The Hall–Kier alpha value is -0.680. The van der Waals surface area contributed by atoms with Gasteiger partial charge in [-0.2, -0.15) is 0 Å². The van der Waals surface area contributed by atoms with E-state index in [4.69, 9.17) is 14.6 Å². The van der Waals surface area contributed by atoms with Gasteiger partial charge in [0, 0.05) is 6.42 Å². The highest BCUT2D eigenvalue weighted by molar-refractivity contribution is 5.79. The average Bonchev–Trinajstić information content (AvgIpc) is 2.64. The fourth-order valence-corrected chi connectivity index (χ4v) is 2.05. The first-order valence-corrected chi connectivity index (χ1v) is 4.31. The molecule has 1 atom stereocenters. The first-order chi connectivity index (χ1) is 6.11. The summed E-state index contributed by atoms with van der Waals surface area (Å²) in [6.45, 7) is 0.553. The van der Waals surface area contributed by atoms with Gasteiger partial charge in [0.2, 0.25) is 5.79 Å². The van der Waals surface area contributed by atoms with Gasteiger partial charge in [-0.05, 0) is 12.8 Å². The topological polar surface area (TPSA) is 55.8 Å². The van der Waals surface area contributed by atoms with Crippen molar-refractivity contribution in [2.45, 2.75) is 30.7 Å². The summed E-state index contributed by atoms with van der Waals surface area (Å²) in [5.41, 5.74) is -2.36. The minimum Gasteiger partial charge on any atom is -0.479 e. The Morgan fingerprint density at radius 3 is 2.46 bits per heavy atom. The number of rotatable bonds is 1. The van der Waals surface area contributed by atoms with Crippen molar-refractivity contribution < 1.29 is 23.8 Å². The van der Waals surface area contributed by atoms with Crippen molar-refractivity contribution in [1.82, 2.24) is 0 Å². The van der Waals surface area contributed by atoms with Gasteiger partial charge in [0.05, 0.1) is 13.2 Å². The number of carbonyl (C=O) groups is 1. The van der Waals surface area contributed by atoms with E-state index in [1.165, 1.54) is 0 Å². The number of alkyl halides is 1. The SMILES string of the molecule is O=C(O)C1(F)CCCC12OCCO2. The Morgan fingerprint density at radius 2 is 1.92 bits per heavy atom. The third-order valence-corrected chi connectivity index (χ3v) is 2.72. The van der Waals surface area contributed by atoms with Crippen LogP contribution in [0.5, 0.6) is 0 Å². The molecule has 0 radical (unpaired) electrons. The molecule has 0 amide bonds. The van der Waals surface area contributed by atoms with Crippen molar-refractivity contribution in [1.29, 1.82) is 0 Å². The number of carboxylic acids is 1. The van der Waals surface area contributed by atoms with Gasteiger partial charge in [0.25, 0.3) is 5.67 Å². The van der Waals surface area contributed by atoms with E-state index in [0.29, 0.717) is 12.8 Å². The summed E-state index contributed by atoms with van der Waals surface area (Å²) in [5, 5.41) is 8.76. The van der Waals surface area contributed by atoms with Gasteiger partial charge in [0.15, 0.2) is 0 Å². The van der Waals surface area contributed by atoms with Crippen LogP contribution in [0.2, 0.25) is 0 Å². The van der Waals surface area contributed by atoms with E-state index in [2.05, 4.69) is 0 Å². The Kier molecular flexibility index (Phi) is 1.82. The van der Waals surface area contributed by atoms with Crippen LogP contribution in [0.4, 0.5) is 4.39 Å². The number of ether oxygens (including phenoxy) is 2. The Bertz CT molecular complexity index is 231. The van der Waals surface area contributed by atoms with E-state index in [0.717, 1.165) is 0 Å². The Labute approximate surface area is 74.6 Å². The van der Waals surface area contributed by atoms with E-state index < -0.39 is 17.4 Å². The van der Waals surface area contributed by atoms with E-state index >= 15 is 0 Å². The van der Waals surface area contributed by atoms with Crippen LogP contribution in [-0.2, 0) is 14.3 Å². The monoisotopic (exact) mass is 190 g/mol. The zero-order valence-electron chi connectivity index (χ0n) is 7.09. The van der Waals surface area contributed by atoms with E-state index in [9.17, 15) is 9.18 Å². The van der Waals surface area contributed by atoms with Crippen LogP contribution >= 0.6 is 0 Å². The van der Waals surface area contributed by atoms with Crippen LogP contribution in [-0.4, -0.2) is 35.7 Å². The number of hydrogen-bond donors (Lipinski definition) is 1. The normalized spacial score (nSPS) is 37.0. The molecule has 2 fully saturated rings. The molecule has 1 unspecified atom stereocenters. The predicted molar refractivity (Wildman–Crippen MR) is 40.0 cm³/mol. The lowest BCUT2D eigenvalue weighted by molar-refractivity contribution is -0.232. The molecule has 0 aromatic heterocycles. The number of aliphatic carboxylic acids is 1. The van der Waals surface area contributed by atoms with Gasteiger partial charge in [-0.25, -0.2) is 9.18 Å². The largest absolute Gasteiger partial charge is 0.479 e. The van der Waals surface area contributed by atoms with Crippen LogP contribution in [0.3, 0.4) is 0 Å². The summed E-state index contributed by atoms with van der Waals surface area (Å²) >= 11 is 0. The van der Waals surface area contributed by atoms with E-state index in [-0.39, 0.29) is 19.6 Å². The molecular formula is C8H11FO4. The maximum Gasteiger partial charge on any atom is 0.347 e. The molecule has 1 aliphatic heterocycles. The molecule has 1 saturated heterocycles. The van der Waals surface area contributed by atoms with Crippen LogP contribution in [0.1, 0.15) is 19.3 Å². The molecular weight excluding hydrogens is 179 g/mol. The molecule has 0 aromatic rings. The molecule has 2 aliphatic rings. The van der Waals surface area contributed by atoms with Gasteiger partial charge in [-0.15, -0.1) is 0 Å². The van der Waals surface area contributed by atoms with Crippen LogP contribution in [0.25, 0.3) is 0 Å². The fraction of sp³-hybridized carbons (Fsp3) is 0.875. The highest BCUT2D eigenvalue weighted by Crippen LogP contribution is 2.47. The molecule has 74 valence electrons. The smallest absolute Gasteiger partial charge is 0.347 e. The summed E-state index contributed by atoms with van der Waals surface area (Å²) in [7, 11) is 0. The van der Waals surface area contributed by atoms with Crippen LogP contribution in [0.15, 0.2) is 0 Å². The lowest BCUT2D eigenvalue weighted by Gasteiger charge is -2.31. The molecule has 4 nitrogen and oxygen atoms in total. The van der Waals surface area contributed by atoms with E-state index in [1.807, 2.05) is 0 Å².